The Bertz CT molecular complexity index is 2020. The van der Waals surface area contributed by atoms with Gasteiger partial charge in [-0.15, -0.1) is 0 Å². The summed E-state index contributed by atoms with van der Waals surface area (Å²) in [5.74, 6) is 0. The molecule has 1 aliphatic carbocycles. The third-order valence-electron chi connectivity index (χ3n) is 5.80. The number of aliphatic imine (C=N–C) groups is 2. The first-order valence-electron chi connectivity index (χ1n) is 16.7. The summed E-state index contributed by atoms with van der Waals surface area (Å²) in [5, 5.41) is 0. The molecule has 404 valence electrons. The first-order chi connectivity index (χ1) is 28.3. The van der Waals surface area contributed by atoms with E-state index in [4.69, 9.17) is 9.98 Å². The zero-order valence-corrected chi connectivity index (χ0v) is 39.4. The smallest absolute Gasteiger partial charge is 0.255 e. The molecule has 1 aliphatic rings. The maximum atomic E-state index is 9.87. The van der Waals surface area contributed by atoms with Crippen molar-refractivity contribution in [2.45, 2.75) is 0 Å². The molecule has 0 amide bonds. The number of halogens is 24. The van der Waals surface area contributed by atoms with E-state index in [1.54, 1.807) is 12.4 Å². The Hall–Kier alpha value is -3.06. The van der Waals surface area contributed by atoms with Crippen LogP contribution in [0.25, 0.3) is 22.8 Å². The van der Waals surface area contributed by atoms with Gasteiger partial charge in [0.25, 0.3) is 0 Å². The van der Waals surface area contributed by atoms with E-state index < -0.39 is 31.2 Å². The number of rotatable bonds is 7. The molecular formula is C30H34Cu2F24N8P4. The van der Waals surface area contributed by atoms with Crippen molar-refractivity contribution < 1.29 is 135 Å². The molecule has 4 aromatic rings. The third kappa shape index (κ3) is 53.9. The number of hydrogen-bond acceptors (Lipinski definition) is 8. The van der Waals surface area contributed by atoms with Crippen LogP contribution in [0.4, 0.5) is 101 Å². The number of pyridine rings is 4. The van der Waals surface area contributed by atoms with Gasteiger partial charge < -0.3 is 9.80 Å². The van der Waals surface area contributed by atoms with Crippen molar-refractivity contribution in [1.29, 1.82) is 0 Å². The van der Waals surface area contributed by atoms with Crippen molar-refractivity contribution in [3.8, 4) is 22.8 Å². The van der Waals surface area contributed by atoms with Gasteiger partial charge in [0.05, 0.1) is 47.3 Å². The molecule has 0 atom stereocenters. The number of likely N-dealkylation sites (N-methyl/N-ethyl adjacent to an activating group) is 2. The zero-order chi connectivity index (χ0) is 52.4. The van der Waals surface area contributed by atoms with Crippen LogP contribution in [-0.4, -0.2) is 95.5 Å². The Kier molecular flexibility index (Phi) is 20.9. The van der Waals surface area contributed by atoms with Crippen LogP contribution in [0.2, 0.25) is 0 Å². The van der Waals surface area contributed by atoms with Crippen molar-refractivity contribution in [2.24, 2.45) is 9.98 Å². The Balaban J connectivity index is -0.000000840. The average molecular weight is 1210 g/mol. The van der Waals surface area contributed by atoms with Crippen LogP contribution in [-0.2, 0) is 34.1 Å². The van der Waals surface area contributed by atoms with Crippen molar-refractivity contribution in [3.05, 3.63) is 96.6 Å². The van der Waals surface area contributed by atoms with Gasteiger partial charge in [-0.1, -0.05) is 12.1 Å². The van der Waals surface area contributed by atoms with Crippen LogP contribution in [0.3, 0.4) is 0 Å². The van der Waals surface area contributed by atoms with Gasteiger partial charge in [0, 0.05) is 49.0 Å². The molecule has 0 saturated heterocycles. The standard InChI is InChI=1S/C20H26N6.C10H8N2.2Cu.4F6P/c1-25(2)13-11-23-19-15-7-5-9-21-17(15)18-16(8-6-10-22-18)20(19)24-12-14-26(3)4;1-3-7-11-9(5-1)10-6-2-4-8-12-10;;;4*1-7(2,3,4,5)6/h5-10H,11-14H2,1-4H3;1-8H;;;;;;/q;;2*+2;4*-1. The Morgan fingerprint density at radius 3 is 0.809 bits per heavy atom. The topological polar surface area (TPSA) is 82.8 Å². The Morgan fingerprint density at radius 2 is 0.603 bits per heavy atom. The summed E-state index contributed by atoms with van der Waals surface area (Å²) in [7, 11) is -34.4. The molecule has 4 aromatic heterocycles. The zero-order valence-electron chi connectivity index (χ0n) is 34.0. The van der Waals surface area contributed by atoms with Crippen molar-refractivity contribution >= 4 is 42.7 Å². The molecule has 0 unspecified atom stereocenters. The van der Waals surface area contributed by atoms with Gasteiger partial charge in [0.15, 0.2) is 0 Å². The fraction of sp³-hybridized carbons (Fsp3) is 0.267. The molecule has 5 rings (SSSR count). The van der Waals surface area contributed by atoms with Gasteiger partial charge in [-0.25, -0.2) is 0 Å². The number of hydrogen-bond donors (Lipinski definition) is 0. The van der Waals surface area contributed by atoms with E-state index in [1.165, 1.54) is 0 Å². The van der Waals surface area contributed by atoms with Crippen LogP contribution in [0.5, 0.6) is 0 Å². The Morgan fingerprint density at radius 1 is 0.368 bits per heavy atom. The quantitative estimate of drug-likeness (QED) is 0.104. The van der Waals surface area contributed by atoms with E-state index >= 15 is 0 Å². The van der Waals surface area contributed by atoms with Crippen molar-refractivity contribution in [1.82, 2.24) is 29.7 Å². The second-order valence-corrected chi connectivity index (χ2v) is 20.8. The molecule has 68 heavy (non-hydrogen) atoms. The normalized spacial score (nSPS) is 17.5. The molecule has 2 radical (unpaired) electrons. The molecule has 0 aromatic carbocycles. The van der Waals surface area contributed by atoms with Gasteiger partial charge in [-0.2, -0.15) is 0 Å². The van der Waals surface area contributed by atoms with E-state index in [-0.39, 0.29) is 34.1 Å². The van der Waals surface area contributed by atoms with E-state index in [1.807, 2.05) is 60.9 Å². The molecule has 0 fully saturated rings. The minimum absolute atomic E-state index is 0. The van der Waals surface area contributed by atoms with Crippen LogP contribution in [0.15, 0.2) is 95.4 Å². The fourth-order valence-electron chi connectivity index (χ4n) is 3.90. The molecule has 4 heterocycles. The molecule has 0 N–H and O–H groups in total. The largest absolute Gasteiger partial charge is 2.00 e. The summed E-state index contributed by atoms with van der Waals surface area (Å²) in [4.78, 5) is 31.6. The summed E-state index contributed by atoms with van der Waals surface area (Å²) < 4.78 is 237. The summed E-state index contributed by atoms with van der Waals surface area (Å²) in [6, 6.07) is 19.6. The molecule has 0 aliphatic heterocycles. The number of aromatic nitrogens is 4. The maximum Gasteiger partial charge on any atom is 2.00 e. The van der Waals surface area contributed by atoms with Crippen LogP contribution in [0.1, 0.15) is 11.1 Å². The van der Waals surface area contributed by atoms with Crippen LogP contribution in [0, 0.1) is 0 Å². The molecule has 0 bridgehead atoms. The predicted octanol–water partition coefficient (Wildman–Crippen LogP) is 17.5. The second kappa shape index (κ2) is 20.6. The van der Waals surface area contributed by atoms with Gasteiger partial charge in [0.2, 0.25) is 0 Å². The second-order valence-electron chi connectivity index (χ2n) is 13.1. The molecule has 38 heteroatoms. The first kappa shape index (κ1) is 69.2. The summed E-state index contributed by atoms with van der Waals surface area (Å²) >= 11 is 0. The molecular weight excluding hydrogens is 1180 g/mol. The van der Waals surface area contributed by atoms with Crippen molar-refractivity contribution in [2.75, 3.05) is 54.4 Å². The first-order valence-corrected chi connectivity index (χ1v) is 24.8. The molecule has 8 nitrogen and oxygen atoms in total. The van der Waals surface area contributed by atoms with Crippen molar-refractivity contribution in [3.63, 3.8) is 0 Å². The Labute approximate surface area is 390 Å². The van der Waals surface area contributed by atoms with E-state index in [0.717, 1.165) is 71.5 Å². The third-order valence-corrected chi connectivity index (χ3v) is 5.80. The van der Waals surface area contributed by atoms with E-state index in [9.17, 15) is 101 Å². The molecule has 0 saturated carbocycles. The minimum Gasteiger partial charge on any atom is -0.255 e. The minimum atomic E-state index is -10.7. The van der Waals surface area contributed by atoms with Crippen LogP contribution < -0.4 is 0 Å². The van der Waals surface area contributed by atoms with E-state index in [0.29, 0.717) is 0 Å². The molecule has 0 spiro atoms. The van der Waals surface area contributed by atoms with Gasteiger partial charge in [-0.05, 0) is 76.7 Å². The monoisotopic (exact) mass is 1210 g/mol. The van der Waals surface area contributed by atoms with Gasteiger partial charge >= 0.3 is 166 Å². The summed E-state index contributed by atoms with van der Waals surface area (Å²) in [6.45, 7) is 3.23. The average Bonchev–Trinajstić information content (AvgIpc) is 3.04. The summed E-state index contributed by atoms with van der Waals surface area (Å²) in [5.41, 5.74) is 7.48. The summed E-state index contributed by atoms with van der Waals surface area (Å²) in [6.07, 6.45) is 7.15. The number of fused-ring (bicyclic) bond motifs is 3. The fourth-order valence-corrected chi connectivity index (χ4v) is 3.90. The number of nitrogens with zero attached hydrogens (tertiary/aromatic N) is 8. The maximum absolute atomic E-state index is 10.7. The SMILES string of the molecule is CN(C)CCN=C1C(=NCCN(C)C)c2cccnc2-c2ncccc21.F[P-](F)(F)(F)(F)F.F[P-](F)(F)(F)(F)F.F[P-](F)(F)(F)(F)F.F[P-](F)(F)(F)(F)F.[Cu+2].[Cu+2].c1ccc(-c2ccccn2)nc1. The predicted molar refractivity (Wildman–Crippen MR) is 209 cm³/mol. The van der Waals surface area contributed by atoms with Gasteiger partial charge in [0.1, 0.15) is 0 Å². The van der Waals surface area contributed by atoms with E-state index in [2.05, 4.69) is 70.1 Å². The van der Waals surface area contributed by atoms with Crippen LogP contribution >= 0.6 is 31.2 Å². The van der Waals surface area contributed by atoms with Gasteiger partial charge in [-0.3, -0.25) is 29.9 Å².